The van der Waals surface area contributed by atoms with Crippen LogP contribution in [0.1, 0.15) is 64.7 Å². The number of hydrogen-bond donors (Lipinski definition) is 0. The van der Waals surface area contributed by atoms with Crippen LogP contribution in [0.25, 0.3) is 0 Å². The van der Waals surface area contributed by atoms with Crippen LogP contribution in [0.3, 0.4) is 0 Å². The van der Waals surface area contributed by atoms with E-state index in [1.54, 1.807) is 0 Å². The van der Waals surface area contributed by atoms with Crippen LogP contribution in [0.5, 0.6) is 0 Å². The third-order valence-corrected chi connectivity index (χ3v) is 2.96. The van der Waals surface area contributed by atoms with Gasteiger partial charge in [-0.3, -0.25) is 0 Å². The van der Waals surface area contributed by atoms with E-state index < -0.39 is 0 Å². The highest BCUT2D eigenvalue weighted by molar-refractivity contribution is 4.82. The molecule has 71 valence electrons. The predicted octanol–water partition coefficient (Wildman–Crippen LogP) is 4.35. The highest BCUT2D eigenvalue weighted by Crippen LogP contribution is 2.28. The monoisotopic (exact) mass is 167 g/mol. The lowest BCUT2D eigenvalue weighted by Crippen LogP contribution is -1.93. The van der Waals surface area contributed by atoms with Gasteiger partial charge in [-0.05, 0) is 18.8 Å². The molecule has 0 spiro atoms. The van der Waals surface area contributed by atoms with Crippen LogP contribution >= 0.6 is 0 Å². The molecule has 0 aliphatic heterocycles. The zero-order chi connectivity index (χ0) is 8.65. The van der Waals surface area contributed by atoms with Crippen LogP contribution in [0, 0.1) is 12.3 Å². The quantitative estimate of drug-likeness (QED) is 0.516. The Kier molecular flexibility index (Phi) is 5.47. The molecule has 0 aromatic heterocycles. The molecule has 1 radical (unpaired) electrons. The van der Waals surface area contributed by atoms with Crippen molar-refractivity contribution in [2.45, 2.75) is 64.7 Å². The summed E-state index contributed by atoms with van der Waals surface area (Å²) in [5.41, 5.74) is 0. The lowest BCUT2D eigenvalue weighted by atomic mass is 9.99. The Hall–Kier alpha value is 0. The van der Waals surface area contributed by atoms with Gasteiger partial charge in [0.25, 0.3) is 0 Å². The molecule has 0 amide bonds. The molecule has 0 saturated heterocycles. The van der Waals surface area contributed by atoms with Crippen LogP contribution in [0.4, 0.5) is 0 Å². The first-order valence-electron chi connectivity index (χ1n) is 5.77. The largest absolute Gasteiger partial charge is 0.0654 e. The van der Waals surface area contributed by atoms with Crippen molar-refractivity contribution in [2.24, 2.45) is 5.92 Å². The van der Waals surface area contributed by atoms with Gasteiger partial charge < -0.3 is 0 Å². The summed E-state index contributed by atoms with van der Waals surface area (Å²) >= 11 is 0. The van der Waals surface area contributed by atoms with Gasteiger partial charge in [-0.15, -0.1) is 0 Å². The Balaban J connectivity index is 1.81. The van der Waals surface area contributed by atoms with E-state index in [4.69, 9.17) is 0 Å². The van der Waals surface area contributed by atoms with Gasteiger partial charge in [0.15, 0.2) is 0 Å². The van der Waals surface area contributed by atoms with Gasteiger partial charge in [0.05, 0.1) is 0 Å². The Labute approximate surface area is 77.7 Å². The Bertz CT molecular complexity index is 90.2. The summed E-state index contributed by atoms with van der Waals surface area (Å²) in [4.78, 5) is 0. The molecule has 0 heteroatoms. The average molecular weight is 167 g/mol. The molecule has 12 heavy (non-hydrogen) atoms. The summed E-state index contributed by atoms with van der Waals surface area (Å²) in [6, 6.07) is 0. The normalized spacial score (nSPS) is 18.8. The molecule has 1 saturated carbocycles. The maximum absolute atomic E-state index is 2.54. The van der Waals surface area contributed by atoms with E-state index in [9.17, 15) is 0 Å². The van der Waals surface area contributed by atoms with Crippen LogP contribution < -0.4 is 0 Å². The van der Waals surface area contributed by atoms with Gasteiger partial charge >= 0.3 is 0 Å². The lowest BCUT2D eigenvalue weighted by Gasteiger charge is -2.07. The van der Waals surface area contributed by atoms with Crippen LogP contribution in [0.15, 0.2) is 0 Å². The van der Waals surface area contributed by atoms with E-state index in [1.165, 1.54) is 57.8 Å². The van der Waals surface area contributed by atoms with Crippen molar-refractivity contribution in [2.75, 3.05) is 0 Å². The summed E-state index contributed by atoms with van der Waals surface area (Å²) in [6.45, 7) is 2.28. The van der Waals surface area contributed by atoms with Crippen molar-refractivity contribution in [1.29, 1.82) is 0 Å². The summed E-state index contributed by atoms with van der Waals surface area (Å²) in [7, 11) is 0. The minimum atomic E-state index is 0.992. The number of unbranched alkanes of at least 4 members (excludes halogenated alkanes) is 4. The number of rotatable bonds is 6. The van der Waals surface area contributed by atoms with Crippen molar-refractivity contribution in [1.82, 2.24) is 0 Å². The minimum absolute atomic E-state index is 0.992. The molecule has 1 aliphatic rings. The first-order chi connectivity index (χ1) is 5.93. The zero-order valence-electron chi connectivity index (χ0n) is 8.52. The van der Waals surface area contributed by atoms with E-state index in [2.05, 4.69) is 13.3 Å². The van der Waals surface area contributed by atoms with E-state index in [-0.39, 0.29) is 0 Å². The summed E-state index contributed by atoms with van der Waals surface area (Å²) < 4.78 is 0. The highest BCUT2D eigenvalue weighted by Gasteiger charge is 2.13. The standard InChI is InChI=1S/C12H23/c1-2-3-4-5-6-9-12-10-7-8-11-12/h10,12H,2-9,11H2,1H3. The molecular weight excluding hydrogens is 144 g/mol. The highest BCUT2D eigenvalue weighted by atomic mass is 14.2. The van der Waals surface area contributed by atoms with Crippen molar-refractivity contribution in [3.05, 3.63) is 6.42 Å². The smallest absolute Gasteiger partial charge is 0.0355 e. The van der Waals surface area contributed by atoms with Gasteiger partial charge in [0.1, 0.15) is 0 Å². The van der Waals surface area contributed by atoms with Gasteiger partial charge in [0.2, 0.25) is 0 Å². The van der Waals surface area contributed by atoms with Crippen molar-refractivity contribution in [3.63, 3.8) is 0 Å². The minimum Gasteiger partial charge on any atom is -0.0654 e. The Morgan fingerprint density at radius 1 is 1.17 bits per heavy atom. The summed E-state index contributed by atoms with van der Waals surface area (Å²) in [5, 5.41) is 0. The molecule has 0 N–H and O–H groups in total. The van der Waals surface area contributed by atoms with Crippen LogP contribution in [-0.4, -0.2) is 0 Å². The van der Waals surface area contributed by atoms with E-state index >= 15 is 0 Å². The van der Waals surface area contributed by atoms with E-state index in [0.29, 0.717) is 0 Å². The SMILES string of the molecule is CCCCCCCC1[CH]CCC1. The Morgan fingerprint density at radius 3 is 2.67 bits per heavy atom. The third-order valence-electron chi connectivity index (χ3n) is 2.96. The second-order valence-corrected chi connectivity index (χ2v) is 4.13. The molecule has 0 aromatic rings. The molecular formula is C12H23. The fourth-order valence-electron chi connectivity index (χ4n) is 2.12. The first kappa shape index (κ1) is 10.1. The molecule has 1 atom stereocenters. The van der Waals surface area contributed by atoms with Crippen molar-refractivity contribution in [3.8, 4) is 0 Å². The maximum Gasteiger partial charge on any atom is -0.0355 e. The molecule has 1 aliphatic carbocycles. The molecule has 1 rings (SSSR count). The average Bonchev–Trinajstić information content (AvgIpc) is 2.57. The fourth-order valence-corrected chi connectivity index (χ4v) is 2.12. The second kappa shape index (κ2) is 6.51. The molecule has 0 heterocycles. The maximum atomic E-state index is 2.54. The van der Waals surface area contributed by atoms with Crippen molar-refractivity contribution >= 4 is 0 Å². The molecule has 1 fully saturated rings. The second-order valence-electron chi connectivity index (χ2n) is 4.13. The number of hydrogen-bond acceptors (Lipinski definition) is 0. The van der Waals surface area contributed by atoms with Gasteiger partial charge in [-0.25, -0.2) is 0 Å². The molecule has 1 unspecified atom stereocenters. The van der Waals surface area contributed by atoms with Gasteiger partial charge in [-0.2, -0.15) is 0 Å². The lowest BCUT2D eigenvalue weighted by molar-refractivity contribution is 0.510. The van der Waals surface area contributed by atoms with E-state index in [0.717, 1.165) is 5.92 Å². The third kappa shape index (κ3) is 4.13. The van der Waals surface area contributed by atoms with Crippen molar-refractivity contribution < 1.29 is 0 Å². The summed E-state index contributed by atoms with van der Waals surface area (Å²) in [5.74, 6) is 0.992. The van der Waals surface area contributed by atoms with Crippen LogP contribution in [0.2, 0.25) is 0 Å². The first-order valence-corrected chi connectivity index (χ1v) is 5.77. The fraction of sp³-hybridized carbons (Fsp3) is 0.917. The van der Waals surface area contributed by atoms with Gasteiger partial charge in [-0.1, -0.05) is 58.3 Å². The Morgan fingerprint density at radius 2 is 2.00 bits per heavy atom. The molecule has 0 aromatic carbocycles. The van der Waals surface area contributed by atoms with Crippen LogP contribution in [-0.2, 0) is 0 Å². The van der Waals surface area contributed by atoms with Gasteiger partial charge in [0, 0.05) is 0 Å². The molecule has 0 bridgehead atoms. The predicted molar refractivity (Wildman–Crippen MR) is 55.0 cm³/mol. The van der Waals surface area contributed by atoms with E-state index in [1.807, 2.05) is 0 Å². The summed E-state index contributed by atoms with van der Waals surface area (Å²) in [6.07, 6.45) is 15.6. The molecule has 0 nitrogen and oxygen atoms in total. The zero-order valence-corrected chi connectivity index (χ0v) is 8.52. The topological polar surface area (TPSA) is 0 Å².